The number of hydrogen-bond donors (Lipinski definition) is 1. The number of anilines is 1. The van der Waals surface area contributed by atoms with Gasteiger partial charge in [0.1, 0.15) is 12.2 Å². The zero-order valence-electron chi connectivity index (χ0n) is 21.2. The van der Waals surface area contributed by atoms with Gasteiger partial charge in [-0.05, 0) is 63.0 Å². The molecule has 1 atom stereocenters. The standard InChI is InChI=1S/C26H34F3N5O2/c1-4-5-12-36-25-30-18(2)23-24(32-25)34(3,11-8-22(35)31-23)17-20-13-19(16-33-9-6-7-10-33)14-21(15-20)26(27,28)29/h13-15H,4-12,16-17H2,1-3H3/p+1. The summed E-state index contributed by atoms with van der Waals surface area (Å²) in [4.78, 5) is 23.8. The minimum absolute atomic E-state index is 0.159. The lowest BCUT2D eigenvalue weighted by Gasteiger charge is -2.33. The summed E-state index contributed by atoms with van der Waals surface area (Å²) < 4.78 is 47.4. The number of rotatable bonds is 8. The first-order valence-corrected chi connectivity index (χ1v) is 12.7. The molecule has 36 heavy (non-hydrogen) atoms. The third kappa shape index (κ3) is 6.15. The van der Waals surface area contributed by atoms with Crippen molar-refractivity contribution < 1.29 is 22.7 Å². The first-order valence-electron chi connectivity index (χ1n) is 12.7. The normalized spacial score (nSPS) is 20.7. The summed E-state index contributed by atoms with van der Waals surface area (Å²) in [6.07, 6.45) is -0.268. The maximum Gasteiger partial charge on any atom is 0.416 e. The summed E-state index contributed by atoms with van der Waals surface area (Å²) in [6.45, 7) is 7.25. The number of fused-ring (bicyclic) bond motifs is 1. The van der Waals surface area contributed by atoms with Crippen LogP contribution in [0, 0.1) is 6.92 Å². The van der Waals surface area contributed by atoms with E-state index in [-0.39, 0.29) is 29.4 Å². The fourth-order valence-electron chi connectivity index (χ4n) is 4.96. The number of hydrogen-bond acceptors (Lipinski definition) is 5. The van der Waals surface area contributed by atoms with Crippen molar-refractivity contribution in [3.63, 3.8) is 0 Å². The topological polar surface area (TPSA) is 67.4 Å². The predicted octanol–water partition coefficient (Wildman–Crippen LogP) is 5.06. The molecule has 1 aromatic heterocycles. The maximum absolute atomic E-state index is 13.8. The van der Waals surface area contributed by atoms with Gasteiger partial charge in [0.15, 0.2) is 0 Å². The van der Waals surface area contributed by atoms with Gasteiger partial charge in [-0.15, -0.1) is 4.98 Å². The molecular formula is C26H35F3N5O2+. The number of likely N-dealkylation sites (tertiary alicyclic amines) is 1. The van der Waals surface area contributed by atoms with Crippen molar-refractivity contribution in [1.82, 2.24) is 19.4 Å². The van der Waals surface area contributed by atoms with Gasteiger partial charge in [-0.2, -0.15) is 18.2 Å². The molecule has 1 saturated heterocycles. The lowest BCUT2D eigenvalue weighted by molar-refractivity contribution is -0.137. The Kier molecular flexibility index (Phi) is 7.85. The fourth-order valence-corrected chi connectivity index (χ4v) is 4.96. The van der Waals surface area contributed by atoms with Gasteiger partial charge in [0.2, 0.25) is 5.91 Å². The van der Waals surface area contributed by atoms with Crippen molar-refractivity contribution in [2.24, 2.45) is 0 Å². The first-order chi connectivity index (χ1) is 17.1. The highest BCUT2D eigenvalue weighted by molar-refractivity contribution is 5.95. The number of carbonyl (C=O) groups excluding carboxylic acids is 1. The quantitative estimate of drug-likeness (QED) is 0.401. The van der Waals surface area contributed by atoms with Crippen LogP contribution in [0.3, 0.4) is 0 Å². The van der Waals surface area contributed by atoms with E-state index in [2.05, 4.69) is 27.1 Å². The van der Waals surface area contributed by atoms with Crippen LogP contribution in [0.4, 0.5) is 24.7 Å². The predicted molar refractivity (Wildman–Crippen MR) is 133 cm³/mol. The molecule has 1 N–H and O–H groups in total. The van der Waals surface area contributed by atoms with Gasteiger partial charge in [0.05, 0.1) is 37.9 Å². The molecule has 3 heterocycles. The Balaban J connectivity index is 1.72. The highest BCUT2D eigenvalue weighted by Gasteiger charge is 2.38. The molecule has 196 valence electrons. The number of ether oxygens (including phenoxy) is 1. The number of carbonyl (C=O) groups is 1. The van der Waals surface area contributed by atoms with E-state index in [0.29, 0.717) is 48.0 Å². The van der Waals surface area contributed by atoms with Crippen LogP contribution < -0.4 is 14.5 Å². The number of quaternary nitrogens is 1. The van der Waals surface area contributed by atoms with Crippen molar-refractivity contribution in [1.29, 1.82) is 0 Å². The number of alkyl halides is 3. The van der Waals surface area contributed by atoms with E-state index >= 15 is 0 Å². The number of nitrogens with zero attached hydrogens (tertiary/aromatic N) is 4. The molecule has 0 saturated carbocycles. The van der Waals surface area contributed by atoms with E-state index in [9.17, 15) is 18.0 Å². The number of aryl methyl sites for hydroxylation is 1. The highest BCUT2D eigenvalue weighted by Crippen LogP contribution is 2.38. The fraction of sp³-hybridized carbons (Fsp3) is 0.577. The summed E-state index contributed by atoms with van der Waals surface area (Å²) in [5.74, 6) is 0.390. The molecule has 7 nitrogen and oxygen atoms in total. The summed E-state index contributed by atoms with van der Waals surface area (Å²) in [5.41, 5.74) is 1.65. The molecule has 10 heteroatoms. The van der Waals surface area contributed by atoms with E-state index in [1.54, 1.807) is 6.92 Å². The monoisotopic (exact) mass is 506 g/mol. The Hall–Kier alpha value is -2.72. The molecule has 0 aliphatic carbocycles. The van der Waals surface area contributed by atoms with Gasteiger partial charge < -0.3 is 10.1 Å². The van der Waals surface area contributed by atoms with Crippen LogP contribution in [-0.4, -0.2) is 54.1 Å². The number of nitrogens with one attached hydrogen (secondary N) is 1. The average molecular weight is 507 g/mol. The van der Waals surface area contributed by atoms with Gasteiger partial charge in [0.25, 0.3) is 5.82 Å². The van der Waals surface area contributed by atoms with Gasteiger partial charge in [-0.3, -0.25) is 14.2 Å². The number of aromatic nitrogens is 2. The van der Waals surface area contributed by atoms with Crippen LogP contribution in [0.5, 0.6) is 6.01 Å². The summed E-state index contributed by atoms with van der Waals surface area (Å²) >= 11 is 0. The molecule has 0 radical (unpaired) electrons. The van der Waals surface area contributed by atoms with Gasteiger partial charge >= 0.3 is 12.2 Å². The highest BCUT2D eigenvalue weighted by atomic mass is 19.4. The van der Waals surface area contributed by atoms with Crippen LogP contribution in [0.15, 0.2) is 18.2 Å². The largest absolute Gasteiger partial charge is 0.463 e. The second-order valence-electron chi connectivity index (χ2n) is 10.1. The van der Waals surface area contributed by atoms with Crippen LogP contribution in [0.1, 0.15) is 61.4 Å². The van der Waals surface area contributed by atoms with Crippen molar-refractivity contribution in [2.75, 3.05) is 38.6 Å². The third-order valence-corrected chi connectivity index (χ3v) is 6.90. The second kappa shape index (κ2) is 10.7. The molecule has 0 bridgehead atoms. The molecule has 2 aliphatic heterocycles. The Morgan fingerprint density at radius 1 is 1.14 bits per heavy atom. The number of halogens is 3. The van der Waals surface area contributed by atoms with Crippen molar-refractivity contribution >= 4 is 17.4 Å². The number of unbranched alkanes of at least 4 members (excludes halogenated alkanes) is 1. The maximum atomic E-state index is 13.8. The van der Waals surface area contributed by atoms with Crippen LogP contribution in [0.2, 0.25) is 0 Å². The minimum Gasteiger partial charge on any atom is -0.463 e. The molecule has 2 aliphatic rings. The Morgan fingerprint density at radius 3 is 2.56 bits per heavy atom. The minimum atomic E-state index is -4.44. The van der Waals surface area contributed by atoms with Crippen LogP contribution >= 0.6 is 0 Å². The Bertz CT molecular complexity index is 1100. The smallest absolute Gasteiger partial charge is 0.416 e. The summed E-state index contributed by atoms with van der Waals surface area (Å²) in [5, 5.41) is 2.90. The van der Waals surface area contributed by atoms with Crippen LogP contribution in [0.25, 0.3) is 0 Å². The zero-order valence-corrected chi connectivity index (χ0v) is 21.2. The van der Waals surface area contributed by atoms with Crippen molar-refractivity contribution in [2.45, 2.75) is 65.2 Å². The summed E-state index contributed by atoms with van der Waals surface area (Å²) in [7, 11) is 1.90. The lowest BCUT2D eigenvalue weighted by atomic mass is 10.0. The van der Waals surface area contributed by atoms with Crippen molar-refractivity contribution in [3.8, 4) is 6.01 Å². The zero-order chi connectivity index (χ0) is 25.9. The molecule has 1 fully saturated rings. The molecule has 1 aromatic carbocycles. The van der Waals surface area contributed by atoms with Crippen molar-refractivity contribution in [3.05, 3.63) is 40.6 Å². The molecule has 4 rings (SSSR count). The first kappa shape index (κ1) is 26.3. The van der Waals surface area contributed by atoms with Crippen LogP contribution in [-0.2, 0) is 24.1 Å². The van der Waals surface area contributed by atoms with Gasteiger partial charge in [-0.25, -0.2) is 0 Å². The second-order valence-corrected chi connectivity index (χ2v) is 10.1. The Labute approximate surface area is 210 Å². The molecule has 1 amide bonds. The molecular weight excluding hydrogens is 471 g/mol. The van der Waals surface area contributed by atoms with E-state index in [0.717, 1.165) is 38.8 Å². The van der Waals surface area contributed by atoms with E-state index in [1.165, 1.54) is 12.1 Å². The third-order valence-electron chi connectivity index (χ3n) is 6.90. The Morgan fingerprint density at radius 2 is 1.86 bits per heavy atom. The molecule has 0 spiro atoms. The van der Waals surface area contributed by atoms with E-state index < -0.39 is 11.7 Å². The van der Waals surface area contributed by atoms with Gasteiger partial charge in [0, 0.05) is 12.1 Å². The number of amides is 1. The average Bonchev–Trinajstić information content (AvgIpc) is 3.27. The van der Waals surface area contributed by atoms with Gasteiger partial charge in [-0.1, -0.05) is 13.3 Å². The molecule has 2 aromatic rings. The molecule has 1 unspecified atom stereocenters. The number of benzene rings is 1. The summed E-state index contributed by atoms with van der Waals surface area (Å²) in [6, 6.07) is 4.57. The van der Waals surface area contributed by atoms with E-state index in [1.807, 2.05) is 13.1 Å². The lowest BCUT2D eigenvalue weighted by Crippen LogP contribution is -2.45. The SMILES string of the molecule is CCCCOc1nc(C)c2c(n1)[N+](C)(Cc1cc(CN3CCCC3)cc(C(F)(F)F)c1)CCC(=O)N2. The van der Waals surface area contributed by atoms with E-state index in [4.69, 9.17) is 4.74 Å².